The molecule has 108 valence electrons. The van der Waals surface area contributed by atoms with Gasteiger partial charge in [0.25, 0.3) is 0 Å². The van der Waals surface area contributed by atoms with Crippen molar-refractivity contribution in [2.75, 3.05) is 13.1 Å². The Morgan fingerprint density at radius 2 is 2.25 bits per heavy atom. The molecule has 0 amide bonds. The molecule has 1 aliphatic heterocycles. The van der Waals surface area contributed by atoms with Crippen molar-refractivity contribution in [3.8, 4) is 0 Å². The Balaban J connectivity index is 1.84. The minimum Gasteiger partial charge on any atom is -0.459 e. The molecule has 20 heavy (non-hydrogen) atoms. The van der Waals surface area contributed by atoms with Gasteiger partial charge in [-0.2, -0.15) is 0 Å². The van der Waals surface area contributed by atoms with Crippen molar-refractivity contribution >= 4 is 38.5 Å². The number of alkyl halides is 1. The first-order valence-corrected chi connectivity index (χ1v) is 8.47. The highest BCUT2D eigenvalue weighted by Gasteiger charge is 2.17. The quantitative estimate of drug-likeness (QED) is 0.706. The third-order valence-corrected chi connectivity index (χ3v) is 4.81. The van der Waals surface area contributed by atoms with Crippen molar-refractivity contribution in [2.24, 2.45) is 5.92 Å². The first-order chi connectivity index (χ1) is 9.65. The summed E-state index contributed by atoms with van der Waals surface area (Å²) in [5.74, 6) is 2.05. The lowest BCUT2D eigenvalue weighted by molar-refractivity contribution is 0.176. The number of hydrogen-bond acceptors (Lipinski definition) is 2. The summed E-state index contributed by atoms with van der Waals surface area (Å²) in [5, 5.41) is 1.13. The number of benzene rings is 1. The van der Waals surface area contributed by atoms with Gasteiger partial charge >= 0.3 is 0 Å². The molecule has 0 spiro atoms. The summed E-state index contributed by atoms with van der Waals surface area (Å²) in [6, 6.07) is 6.43. The van der Waals surface area contributed by atoms with E-state index in [-0.39, 0.29) is 0 Å². The number of rotatable bonds is 3. The van der Waals surface area contributed by atoms with Crippen molar-refractivity contribution < 1.29 is 4.42 Å². The van der Waals surface area contributed by atoms with E-state index in [9.17, 15) is 0 Å². The Bertz CT molecular complexity index is 610. The molecule has 1 aromatic carbocycles. The van der Waals surface area contributed by atoms with E-state index in [1.165, 1.54) is 31.5 Å². The molecule has 2 aromatic rings. The van der Waals surface area contributed by atoms with Crippen molar-refractivity contribution in [2.45, 2.75) is 32.2 Å². The van der Waals surface area contributed by atoms with Gasteiger partial charge in [-0.15, -0.1) is 11.6 Å². The summed E-state index contributed by atoms with van der Waals surface area (Å²) in [7, 11) is 0. The fraction of sp³-hybridized carbons (Fsp3) is 0.500. The van der Waals surface area contributed by atoms with Gasteiger partial charge in [-0.1, -0.05) is 6.92 Å². The lowest BCUT2D eigenvalue weighted by Crippen LogP contribution is -2.33. The summed E-state index contributed by atoms with van der Waals surface area (Å²) < 4.78 is 6.74. The molecule has 0 N–H and O–H groups in total. The van der Waals surface area contributed by atoms with Crippen molar-refractivity contribution in [1.29, 1.82) is 0 Å². The highest BCUT2D eigenvalue weighted by Crippen LogP contribution is 2.30. The smallest absolute Gasteiger partial charge is 0.148 e. The van der Waals surface area contributed by atoms with Crippen LogP contribution in [0.1, 0.15) is 31.1 Å². The molecule has 2 nitrogen and oxygen atoms in total. The van der Waals surface area contributed by atoms with Crippen LogP contribution in [-0.4, -0.2) is 18.0 Å². The Morgan fingerprint density at radius 3 is 3.00 bits per heavy atom. The lowest BCUT2D eigenvalue weighted by Gasteiger charge is -2.30. The third-order valence-electron chi connectivity index (χ3n) is 3.96. The minimum atomic E-state index is 0.417. The van der Waals surface area contributed by atoms with Crippen molar-refractivity contribution in [1.82, 2.24) is 4.90 Å². The zero-order chi connectivity index (χ0) is 14.1. The Morgan fingerprint density at radius 1 is 1.40 bits per heavy atom. The van der Waals surface area contributed by atoms with Crippen LogP contribution in [0.15, 0.2) is 27.1 Å². The highest BCUT2D eigenvalue weighted by atomic mass is 79.9. The number of nitrogens with zero attached hydrogens (tertiary/aromatic N) is 1. The van der Waals surface area contributed by atoms with Crippen LogP contribution in [0.3, 0.4) is 0 Å². The maximum atomic E-state index is 5.84. The standard InChI is InChI=1S/C16H19BrClNO/c1-11-3-2-4-19(9-11)10-12-5-13-7-14(8-18)20-16(13)15(17)6-12/h5-7,11H,2-4,8-10H2,1H3/t11-/m0/s1. The van der Waals surface area contributed by atoms with E-state index in [1.807, 2.05) is 6.07 Å². The van der Waals surface area contributed by atoms with Gasteiger partial charge in [0, 0.05) is 18.5 Å². The van der Waals surface area contributed by atoms with E-state index in [4.69, 9.17) is 16.0 Å². The number of furan rings is 1. The first kappa shape index (κ1) is 14.4. The fourth-order valence-corrected chi connectivity index (χ4v) is 3.80. The topological polar surface area (TPSA) is 16.4 Å². The molecule has 4 heteroatoms. The van der Waals surface area contributed by atoms with Gasteiger partial charge in [0.1, 0.15) is 11.3 Å². The van der Waals surface area contributed by atoms with Crippen molar-refractivity contribution in [3.05, 3.63) is 34.0 Å². The zero-order valence-corrected chi connectivity index (χ0v) is 14.0. The van der Waals surface area contributed by atoms with Gasteiger partial charge < -0.3 is 4.42 Å². The van der Waals surface area contributed by atoms with Gasteiger partial charge in [0.2, 0.25) is 0 Å². The van der Waals surface area contributed by atoms with Crippen LogP contribution in [0.2, 0.25) is 0 Å². The van der Waals surface area contributed by atoms with Crippen LogP contribution in [-0.2, 0) is 12.4 Å². The van der Waals surface area contributed by atoms with Gasteiger partial charge in [0.15, 0.2) is 0 Å². The van der Waals surface area contributed by atoms with Crippen LogP contribution in [0.5, 0.6) is 0 Å². The first-order valence-electron chi connectivity index (χ1n) is 7.15. The zero-order valence-electron chi connectivity index (χ0n) is 11.7. The SMILES string of the molecule is C[C@H]1CCCN(Cc2cc(Br)c3oc(CCl)cc3c2)C1. The maximum absolute atomic E-state index is 5.84. The molecule has 0 aliphatic carbocycles. The Labute approximate surface area is 133 Å². The van der Waals surface area contributed by atoms with E-state index in [0.717, 1.165) is 33.7 Å². The van der Waals surface area contributed by atoms with E-state index in [0.29, 0.717) is 5.88 Å². The molecule has 0 radical (unpaired) electrons. The van der Waals surface area contributed by atoms with E-state index >= 15 is 0 Å². The number of piperidine rings is 1. The molecular weight excluding hydrogens is 338 g/mol. The summed E-state index contributed by atoms with van der Waals surface area (Å²) in [6.45, 7) is 5.76. The molecule has 1 saturated heterocycles. The summed E-state index contributed by atoms with van der Waals surface area (Å²) in [6.07, 6.45) is 2.67. The summed E-state index contributed by atoms with van der Waals surface area (Å²) in [5.41, 5.74) is 2.23. The van der Waals surface area contributed by atoms with E-state index in [1.54, 1.807) is 0 Å². The van der Waals surface area contributed by atoms with Gasteiger partial charge in [-0.3, -0.25) is 4.90 Å². The molecule has 1 fully saturated rings. The second-order valence-electron chi connectivity index (χ2n) is 5.82. The molecule has 0 saturated carbocycles. The fourth-order valence-electron chi connectivity index (χ4n) is 3.07. The summed E-state index contributed by atoms with van der Waals surface area (Å²) in [4.78, 5) is 2.55. The number of fused-ring (bicyclic) bond motifs is 1. The molecule has 1 aliphatic rings. The monoisotopic (exact) mass is 355 g/mol. The average molecular weight is 357 g/mol. The largest absolute Gasteiger partial charge is 0.459 e. The van der Waals surface area contributed by atoms with Gasteiger partial charge in [-0.05, 0) is 65.0 Å². The molecule has 0 unspecified atom stereocenters. The lowest BCUT2D eigenvalue weighted by atomic mass is 9.99. The maximum Gasteiger partial charge on any atom is 0.148 e. The highest BCUT2D eigenvalue weighted by molar-refractivity contribution is 9.10. The van der Waals surface area contributed by atoms with Crippen LogP contribution in [0.4, 0.5) is 0 Å². The molecule has 1 atom stereocenters. The molecule has 1 aromatic heterocycles. The van der Waals surface area contributed by atoms with Crippen LogP contribution >= 0.6 is 27.5 Å². The second-order valence-corrected chi connectivity index (χ2v) is 6.95. The van der Waals surface area contributed by atoms with Crippen molar-refractivity contribution in [3.63, 3.8) is 0 Å². The van der Waals surface area contributed by atoms with Gasteiger partial charge in [-0.25, -0.2) is 0 Å². The number of halogens is 2. The third kappa shape index (κ3) is 3.05. The predicted octanol–water partition coefficient (Wildman–Crippen LogP) is 5.17. The molecule has 3 rings (SSSR count). The van der Waals surface area contributed by atoms with Gasteiger partial charge in [0.05, 0.1) is 10.4 Å². The second kappa shape index (κ2) is 6.08. The normalized spacial score (nSPS) is 20.6. The molecule has 0 bridgehead atoms. The van der Waals surface area contributed by atoms with Crippen LogP contribution in [0, 0.1) is 5.92 Å². The molecular formula is C16H19BrClNO. The van der Waals surface area contributed by atoms with E-state index < -0.39 is 0 Å². The Hall–Kier alpha value is -0.510. The summed E-state index contributed by atoms with van der Waals surface area (Å²) >= 11 is 9.46. The Kier molecular flexibility index (Phi) is 4.39. The van der Waals surface area contributed by atoms with Crippen LogP contribution in [0.25, 0.3) is 11.0 Å². The van der Waals surface area contributed by atoms with E-state index in [2.05, 4.69) is 39.9 Å². The average Bonchev–Trinajstić information content (AvgIpc) is 2.82. The number of hydrogen-bond donors (Lipinski definition) is 0. The predicted molar refractivity (Wildman–Crippen MR) is 87.1 cm³/mol. The molecule has 2 heterocycles. The van der Waals surface area contributed by atoms with Crippen LogP contribution < -0.4 is 0 Å². The minimum absolute atomic E-state index is 0.417. The number of likely N-dealkylation sites (tertiary alicyclic amines) is 1.